The van der Waals surface area contributed by atoms with Gasteiger partial charge in [-0.15, -0.1) is 0 Å². The van der Waals surface area contributed by atoms with Crippen LogP contribution in [0.15, 0.2) is 42.5 Å². The fourth-order valence-electron chi connectivity index (χ4n) is 3.97. The van der Waals surface area contributed by atoms with E-state index in [1.54, 1.807) is 19.2 Å². The summed E-state index contributed by atoms with van der Waals surface area (Å²) in [6.07, 6.45) is 3.43. The van der Waals surface area contributed by atoms with Crippen molar-refractivity contribution in [1.29, 1.82) is 0 Å². The first kappa shape index (κ1) is 18.7. The molecule has 0 saturated heterocycles. The van der Waals surface area contributed by atoms with E-state index in [1.807, 2.05) is 12.1 Å². The number of hydrogen-bond acceptors (Lipinski definition) is 2. The standard InChI is InChI=1S/C21H23ClFNO2/c1-14(25)24-21(17-4-6-18(23)7-5-17)11-9-15(10-12-21)16-3-8-20(26-2)19(22)13-16/h3-8,13,15H,9-12H2,1-2H3,(H,24,25). The van der Waals surface area contributed by atoms with Gasteiger partial charge in [-0.1, -0.05) is 29.8 Å². The predicted molar refractivity (Wildman–Crippen MR) is 101 cm³/mol. The molecule has 3 rings (SSSR count). The molecule has 26 heavy (non-hydrogen) atoms. The fraction of sp³-hybridized carbons (Fsp3) is 0.381. The summed E-state index contributed by atoms with van der Waals surface area (Å²) in [5.41, 5.74) is 1.71. The quantitative estimate of drug-likeness (QED) is 0.799. The molecule has 1 amide bonds. The monoisotopic (exact) mass is 375 g/mol. The molecule has 1 N–H and O–H groups in total. The summed E-state index contributed by atoms with van der Waals surface area (Å²) in [6, 6.07) is 12.4. The van der Waals surface area contributed by atoms with Crippen LogP contribution >= 0.6 is 11.6 Å². The molecular formula is C21H23ClFNO2. The number of hydrogen-bond donors (Lipinski definition) is 1. The maximum absolute atomic E-state index is 13.3. The van der Waals surface area contributed by atoms with Gasteiger partial charge in [-0.2, -0.15) is 0 Å². The van der Waals surface area contributed by atoms with E-state index in [2.05, 4.69) is 11.4 Å². The minimum absolute atomic E-state index is 0.0692. The van der Waals surface area contributed by atoms with Gasteiger partial charge in [0.05, 0.1) is 17.7 Å². The molecule has 138 valence electrons. The minimum Gasteiger partial charge on any atom is -0.495 e. The summed E-state index contributed by atoms with van der Waals surface area (Å²) in [5, 5.41) is 3.74. The summed E-state index contributed by atoms with van der Waals surface area (Å²) in [7, 11) is 1.60. The summed E-state index contributed by atoms with van der Waals surface area (Å²) in [5.74, 6) is 0.708. The van der Waals surface area contributed by atoms with Crippen LogP contribution in [0.25, 0.3) is 0 Å². The number of amides is 1. The van der Waals surface area contributed by atoms with Crippen LogP contribution in [0.1, 0.15) is 49.7 Å². The average Bonchev–Trinajstić information content (AvgIpc) is 2.62. The third kappa shape index (κ3) is 3.85. The van der Waals surface area contributed by atoms with Crippen molar-refractivity contribution in [2.24, 2.45) is 0 Å². The summed E-state index contributed by atoms with van der Waals surface area (Å²) in [4.78, 5) is 11.8. The second-order valence-electron chi connectivity index (χ2n) is 6.94. The maximum atomic E-state index is 13.3. The van der Waals surface area contributed by atoms with Crippen LogP contribution in [0.5, 0.6) is 5.75 Å². The molecule has 1 aliphatic carbocycles. The third-order valence-electron chi connectivity index (χ3n) is 5.30. The van der Waals surface area contributed by atoms with Gasteiger partial charge in [0.2, 0.25) is 5.91 Å². The molecule has 0 radical (unpaired) electrons. The first-order valence-electron chi connectivity index (χ1n) is 8.82. The van der Waals surface area contributed by atoms with Gasteiger partial charge in [-0.25, -0.2) is 4.39 Å². The van der Waals surface area contributed by atoms with E-state index >= 15 is 0 Å². The second kappa shape index (κ2) is 7.67. The van der Waals surface area contributed by atoms with Crippen LogP contribution in [-0.2, 0) is 10.3 Å². The normalized spacial score (nSPS) is 22.7. The van der Waals surface area contributed by atoms with Gasteiger partial charge in [0.15, 0.2) is 0 Å². The van der Waals surface area contributed by atoms with Crippen LogP contribution < -0.4 is 10.1 Å². The Morgan fingerprint density at radius 3 is 2.38 bits per heavy atom. The van der Waals surface area contributed by atoms with Crippen LogP contribution in [0.3, 0.4) is 0 Å². The number of rotatable bonds is 4. The molecule has 0 heterocycles. The zero-order chi connectivity index (χ0) is 18.7. The molecular weight excluding hydrogens is 353 g/mol. The zero-order valence-electron chi connectivity index (χ0n) is 15.0. The lowest BCUT2D eigenvalue weighted by molar-refractivity contribution is -0.121. The van der Waals surface area contributed by atoms with E-state index in [-0.39, 0.29) is 11.7 Å². The average molecular weight is 376 g/mol. The Labute approximate surface area is 158 Å². The van der Waals surface area contributed by atoms with Gasteiger partial charge in [0.1, 0.15) is 11.6 Å². The SMILES string of the molecule is COc1ccc(C2CCC(NC(C)=O)(c3ccc(F)cc3)CC2)cc1Cl. The van der Waals surface area contributed by atoms with E-state index in [1.165, 1.54) is 24.6 Å². The molecule has 1 aliphatic rings. The fourth-order valence-corrected chi connectivity index (χ4v) is 4.24. The van der Waals surface area contributed by atoms with Gasteiger partial charge in [-0.05, 0) is 67.0 Å². The minimum atomic E-state index is -0.438. The lowest BCUT2D eigenvalue weighted by Gasteiger charge is -2.41. The maximum Gasteiger partial charge on any atom is 0.217 e. The van der Waals surface area contributed by atoms with Crippen molar-refractivity contribution in [2.75, 3.05) is 7.11 Å². The number of ether oxygens (including phenoxy) is 1. The van der Waals surface area contributed by atoms with Gasteiger partial charge in [0, 0.05) is 6.92 Å². The smallest absolute Gasteiger partial charge is 0.217 e. The highest BCUT2D eigenvalue weighted by Crippen LogP contribution is 2.44. The molecule has 0 spiro atoms. The molecule has 1 saturated carbocycles. The number of nitrogens with one attached hydrogen (secondary N) is 1. The topological polar surface area (TPSA) is 38.3 Å². The number of benzene rings is 2. The first-order valence-corrected chi connectivity index (χ1v) is 9.19. The van der Waals surface area contributed by atoms with Crippen molar-refractivity contribution in [1.82, 2.24) is 5.32 Å². The number of carbonyl (C=O) groups excluding carboxylic acids is 1. The van der Waals surface area contributed by atoms with Crippen molar-refractivity contribution in [3.63, 3.8) is 0 Å². The summed E-state index contributed by atoms with van der Waals surface area (Å²) < 4.78 is 18.5. The number of halogens is 2. The molecule has 0 unspecified atom stereocenters. The highest BCUT2D eigenvalue weighted by Gasteiger charge is 2.38. The van der Waals surface area contributed by atoms with Gasteiger partial charge in [-0.3, -0.25) is 4.79 Å². The van der Waals surface area contributed by atoms with E-state index < -0.39 is 5.54 Å². The van der Waals surface area contributed by atoms with Crippen molar-refractivity contribution in [2.45, 2.75) is 44.1 Å². The molecule has 0 aromatic heterocycles. The lowest BCUT2D eigenvalue weighted by atomic mass is 9.71. The zero-order valence-corrected chi connectivity index (χ0v) is 15.8. The van der Waals surface area contributed by atoms with Crippen LogP contribution in [0.2, 0.25) is 5.02 Å². The Kier molecular flexibility index (Phi) is 5.52. The second-order valence-corrected chi connectivity index (χ2v) is 7.35. The summed E-state index contributed by atoms with van der Waals surface area (Å²) in [6.45, 7) is 1.53. The van der Waals surface area contributed by atoms with Gasteiger partial charge < -0.3 is 10.1 Å². The van der Waals surface area contributed by atoms with E-state index in [4.69, 9.17) is 16.3 Å². The Balaban J connectivity index is 1.81. The van der Waals surface area contributed by atoms with Crippen LogP contribution in [0, 0.1) is 5.82 Å². The highest BCUT2D eigenvalue weighted by molar-refractivity contribution is 6.32. The lowest BCUT2D eigenvalue weighted by Crippen LogP contribution is -2.47. The Morgan fingerprint density at radius 1 is 1.19 bits per heavy atom. The van der Waals surface area contributed by atoms with E-state index in [9.17, 15) is 9.18 Å². The predicted octanol–water partition coefficient (Wildman–Crippen LogP) is 5.18. The number of carbonyl (C=O) groups is 1. The Hall–Kier alpha value is -2.07. The number of methoxy groups -OCH3 is 1. The van der Waals surface area contributed by atoms with Gasteiger partial charge >= 0.3 is 0 Å². The van der Waals surface area contributed by atoms with Crippen molar-refractivity contribution >= 4 is 17.5 Å². The Bertz CT molecular complexity index is 783. The van der Waals surface area contributed by atoms with Crippen molar-refractivity contribution in [3.05, 3.63) is 64.4 Å². The van der Waals surface area contributed by atoms with Crippen molar-refractivity contribution in [3.8, 4) is 5.75 Å². The first-order chi connectivity index (χ1) is 12.4. The molecule has 3 nitrogen and oxygen atoms in total. The van der Waals surface area contributed by atoms with Crippen LogP contribution in [-0.4, -0.2) is 13.0 Å². The molecule has 0 aliphatic heterocycles. The molecule has 1 fully saturated rings. The van der Waals surface area contributed by atoms with Crippen LogP contribution in [0.4, 0.5) is 4.39 Å². The highest BCUT2D eigenvalue weighted by atomic mass is 35.5. The molecule has 2 aromatic carbocycles. The van der Waals surface area contributed by atoms with E-state index in [0.29, 0.717) is 16.7 Å². The third-order valence-corrected chi connectivity index (χ3v) is 5.59. The van der Waals surface area contributed by atoms with Gasteiger partial charge in [0.25, 0.3) is 0 Å². The molecule has 0 bridgehead atoms. The molecule has 0 atom stereocenters. The summed E-state index contributed by atoms with van der Waals surface area (Å²) >= 11 is 6.27. The Morgan fingerprint density at radius 2 is 1.85 bits per heavy atom. The molecule has 5 heteroatoms. The largest absolute Gasteiger partial charge is 0.495 e. The van der Waals surface area contributed by atoms with E-state index in [0.717, 1.165) is 31.2 Å². The van der Waals surface area contributed by atoms with Crippen molar-refractivity contribution < 1.29 is 13.9 Å². The molecule has 2 aromatic rings.